The van der Waals surface area contributed by atoms with Gasteiger partial charge < -0.3 is 10.0 Å². The summed E-state index contributed by atoms with van der Waals surface area (Å²) in [5.41, 5.74) is 0.135. The van der Waals surface area contributed by atoms with Crippen LogP contribution in [0.3, 0.4) is 0 Å². The number of aliphatic hydroxyl groups is 1. The molecule has 0 bridgehead atoms. The highest BCUT2D eigenvalue weighted by Gasteiger charge is 2.22. The van der Waals surface area contributed by atoms with Crippen LogP contribution >= 0.6 is 0 Å². The van der Waals surface area contributed by atoms with Crippen LogP contribution in [-0.4, -0.2) is 34.6 Å². The lowest BCUT2D eigenvalue weighted by Crippen LogP contribution is -2.42. The van der Waals surface area contributed by atoms with Crippen LogP contribution in [-0.2, 0) is 0 Å². The lowest BCUT2D eigenvalue weighted by Gasteiger charge is -2.28. The van der Waals surface area contributed by atoms with Crippen LogP contribution in [0.15, 0.2) is 24.3 Å². The van der Waals surface area contributed by atoms with Crippen molar-refractivity contribution in [2.24, 2.45) is 0 Å². The van der Waals surface area contributed by atoms with Gasteiger partial charge >= 0.3 is 0 Å². The topological polar surface area (TPSA) is 64.3 Å². The molecule has 0 unspecified atom stereocenters. The molecule has 0 atom stereocenters. The molecule has 96 valence electrons. The minimum atomic E-state index is -0.918. The Morgan fingerprint density at radius 2 is 1.94 bits per heavy atom. The number of carbonyl (C=O) groups is 1. The molecule has 0 aromatic heterocycles. The van der Waals surface area contributed by atoms with Crippen molar-refractivity contribution in [1.29, 1.82) is 5.26 Å². The number of nitriles is 1. The Morgan fingerprint density at radius 1 is 1.39 bits per heavy atom. The number of hydrogen-bond acceptors (Lipinski definition) is 3. The van der Waals surface area contributed by atoms with Crippen molar-refractivity contribution in [1.82, 2.24) is 4.90 Å². The molecule has 0 heterocycles. The Bertz CT molecular complexity index is 452. The number of hydrogen-bond donors (Lipinski definition) is 1. The molecule has 0 spiro atoms. The molecule has 18 heavy (non-hydrogen) atoms. The fourth-order valence-electron chi connectivity index (χ4n) is 1.66. The van der Waals surface area contributed by atoms with E-state index in [1.807, 2.05) is 13.0 Å². The number of carbonyl (C=O) groups excluding carboxylic acids is 1. The van der Waals surface area contributed by atoms with Gasteiger partial charge in [0.25, 0.3) is 5.91 Å². The average molecular weight is 246 g/mol. The van der Waals surface area contributed by atoms with Crippen LogP contribution in [0.4, 0.5) is 0 Å². The van der Waals surface area contributed by atoms with E-state index in [2.05, 4.69) is 0 Å². The zero-order valence-electron chi connectivity index (χ0n) is 11.0. The molecule has 0 fully saturated rings. The minimum absolute atomic E-state index is 0.135. The average Bonchev–Trinajstić information content (AvgIpc) is 2.34. The van der Waals surface area contributed by atoms with Crippen molar-refractivity contribution in [3.63, 3.8) is 0 Å². The third kappa shape index (κ3) is 3.86. The number of nitrogens with zero attached hydrogens (tertiary/aromatic N) is 2. The Labute approximate surface area is 107 Å². The van der Waals surface area contributed by atoms with Crippen molar-refractivity contribution in [2.75, 3.05) is 13.1 Å². The van der Waals surface area contributed by atoms with Gasteiger partial charge in [0.1, 0.15) is 0 Å². The minimum Gasteiger partial charge on any atom is -0.389 e. The molecule has 0 aliphatic carbocycles. The molecule has 1 rings (SSSR count). The van der Waals surface area contributed by atoms with Gasteiger partial charge in [-0.05, 0) is 45.0 Å². The molecule has 1 aromatic carbocycles. The highest BCUT2D eigenvalue weighted by atomic mass is 16.3. The van der Waals surface area contributed by atoms with Gasteiger partial charge in [-0.25, -0.2) is 0 Å². The lowest BCUT2D eigenvalue weighted by molar-refractivity contribution is 0.0314. The van der Waals surface area contributed by atoms with Crippen molar-refractivity contribution in [3.05, 3.63) is 35.4 Å². The summed E-state index contributed by atoms with van der Waals surface area (Å²) in [5, 5.41) is 18.5. The van der Waals surface area contributed by atoms with Gasteiger partial charge in [0.2, 0.25) is 0 Å². The van der Waals surface area contributed by atoms with Gasteiger partial charge in [-0.1, -0.05) is 0 Å². The first-order valence-corrected chi connectivity index (χ1v) is 5.89. The summed E-state index contributed by atoms with van der Waals surface area (Å²) < 4.78 is 0. The van der Waals surface area contributed by atoms with E-state index >= 15 is 0 Å². The Morgan fingerprint density at radius 3 is 2.33 bits per heavy atom. The molecular weight excluding hydrogens is 228 g/mol. The lowest BCUT2D eigenvalue weighted by atomic mass is 10.1. The Hall–Kier alpha value is -1.86. The monoisotopic (exact) mass is 246 g/mol. The van der Waals surface area contributed by atoms with Crippen molar-refractivity contribution >= 4 is 5.91 Å². The number of likely N-dealkylation sites (N-methyl/N-ethyl adjacent to an activating group) is 1. The maximum absolute atomic E-state index is 12.2. The first-order valence-electron chi connectivity index (χ1n) is 5.89. The summed E-state index contributed by atoms with van der Waals surface area (Å²) >= 11 is 0. The van der Waals surface area contributed by atoms with E-state index in [0.717, 1.165) is 0 Å². The maximum atomic E-state index is 12.2. The molecule has 0 aliphatic rings. The van der Waals surface area contributed by atoms with E-state index in [0.29, 0.717) is 17.7 Å². The van der Waals surface area contributed by atoms with Crippen LogP contribution < -0.4 is 0 Å². The second kappa shape index (κ2) is 5.65. The van der Waals surface area contributed by atoms with Gasteiger partial charge in [-0.3, -0.25) is 4.79 Å². The quantitative estimate of drug-likeness (QED) is 0.881. The summed E-state index contributed by atoms with van der Waals surface area (Å²) in [4.78, 5) is 13.8. The van der Waals surface area contributed by atoms with Crippen molar-refractivity contribution in [3.8, 4) is 6.07 Å². The first-order chi connectivity index (χ1) is 8.37. The van der Waals surface area contributed by atoms with Crippen LogP contribution in [0, 0.1) is 11.3 Å². The predicted octanol–water partition coefficient (Wildman–Crippen LogP) is 1.79. The zero-order chi connectivity index (χ0) is 13.8. The number of benzene rings is 1. The third-order valence-corrected chi connectivity index (χ3v) is 2.51. The standard InChI is InChI=1S/C14H18N2O2/c1-4-16(10-14(2,3)18)13(17)12-7-5-11(9-15)6-8-12/h5-8,18H,4,10H2,1-3H3. The summed E-state index contributed by atoms with van der Waals surface area (Å²) in [6, 6.07) is 8.51. The largest absolute Gasteiger partial charge is 0.389 e. The van der Waals surface area contributed by atoms with Crippen LogP contribution in [0.2, 0.25) is 0 Å². The van der Waals surface area contributed by atoms with Crippen LogP contribution in [0.25, 0.3) is 0 Å². The summed E-state index contributed by atoms with van der Waals surface area (Å²) in [6.07, 6.45) is 0. The van der Waals surface area contributed by atoms with E-state index in [9.17, 15) is 9.90 Å². The molecule has 4 nitrogen and oxygen atoms in total. The fourth-order valence-corrected chi connectivity index (χ4v) is 1.66. The van der Waals surface area contributed by atoms with E-state index in [4.69, 9.17) is 5.26 Å². The number of rotatable bonds is 4. The third-order valence-electron chi connectivity index (χ3n) is 2.51. The Balaban J connectivity index is 2.87. The normalized spacial score (nSPS) is 10.8. The molecule has 0 saturated heterocycles. The van der Waals surface area contributed by atoms with E-state index in [-0.39, 0.29) is 12.5 Å². The highest BCUT2D eigenvalue weighted by Crippen LogP contribution is 2.11. The summed E-state index contributed by atoms with van der Waals surface area (Å²) in [6.45, 7) is 6.02. The molecule has 0 saturated carbocycles. The van der Waals surface area contributed by atoms with Crippen molar-refractivity contribution in [2.45, 2.75) is 26.4 Å². The SMILES string of the molecule is CCN(CC(C)(C)O)C(=O)c1ccc(C#N)cc1. The van der Waals surface area contributed by atoms with Crippen LogP contribution in [0.5, 0.6) is 0 Å². The van der Waals surface area contributed by atoms with Gasteiger partial charge in [0, 0.05) is 18.7 Å². The van der Waals surface area contributed by atoms with Crippen molar-refractivity contribution < 1.29 is 9.90 Å². The van der Waals surface area contributed by atoms with Gasteiger partial charge in [0.05, 0.1) is 17.2 Å². The van der Waals surface area contributed by atoms with Gasteiger partial charge in [0.15, 0.2) is 0 Å². The first kappa shape index (κ1) is 14.2. The molecule has 1 aromatic rings. The van der Waals surface area contributed by atoms with E-state index < -0.39 is 5.60 Å². The fraction of sp³-hybridized carbons (Fsp3) is 0.429. The Kier molecular flexibility index (Phi) is 4.46. The summed E-state index contributed by atoms with van der Waals surface area (Å²) in [5.74, 6) is -0.135. The van der Waals surface area contributed by atoms with Gasteiger partial charge in [-0.2, -0.15) is 5.26 Å². The second-order valence-electron chi connectivity index (χ2n) is 4.82. The second-order valence-corrected chi connectivity index (χ2v) is 4.82. The van der Waals surface area contributed by atoms with E-state index in [1.54, 1.807) is 43.0 Å². The molecule has 0 radical (unpaired) electrons. The molecule has 1 N–H and O–H groups in total. The number of amides is 1. The smallest absolute Gasteiger partial charge is 0.253 e. The molecule has 0 aliphatic heterocycles. The van der Waals surface area contributed by atoms with Gasteiger partial charge in [-0.15, -0.1) is 0 Å². The highest BCUT2D eigenvalue weighted by molar-refractivity contribution is 5.94. The molecule has 1 amide bonds. The molecular formula is C14H18N2O2. The van der Waals surface area contributed by atoms with E-state index in [1.165, 1.54) is 0 Å². The molecule has 4 heteroatoms. The maximum Gasteiger partial charge on any atom is 0.253 e. The predicted molar refractivity (Wildman–Crippen MR) is 69.0 cm³/mol. The summed E-state index contributed by atoms with van der Waals surface area (Å²) in [7, 11) is 0. The van der Waals surface area contributed by atoms with Crippen LogP contribution in [0.1, 0.15) is 36.7 Å². The zero-order valence-corrected chi connectivity index (χ0v) is 11.0.